The van der Waals surface area contributed by atoms with Crippen LogP contribution in [0.1, 0.15) is 24.8 Å². The second-order valence-electron chi connectivity index (χ2n) is 4.67. The van der Waals surface area contributed by atoms with Gasteiger partial charge in [-0.25, -0.2) is 4.39 Å². The van der Waals surface area contributed by atoms with Gasteiger partial charge in [-0.05, 0) is 43.0 Å². The molecule has 0 aliphatic carbocycles. The van der Waals surface area contributed by atoms with Crippen LogP contribution in [0, 0.1) is 5.82 Å². The molecule has 2 rings (SSSR count). The maximum absolute atomic E-state index is 13.1. The zero-order chi connectivity index (χ0) is 13.7. The minimum atomic E-state index is -0.280. The van der Waals surface area contributed by atoms with Crippen molar-refractivity contribution >= 4 is 21.8 Å². The van der Waals surface area contributed by atoms with Crippen molar-refractivity contribution in [1.82, 2.24) is 5.32 Å². The van der Waals surface area contributed by atoms with Crippen LogP contribution in [0.5, 0.6) is 0 Å². The Hall–Kier alpha value is -0.940. The van der Waals surface area contributed by atoms with E-state index in [1.807, 2.05) is 0 Å². The predicted molar refractivity (Wildman–Crippen MR) is 74.4 cm³/mol. The van der Waals surface area contributed by atoms with E-state index in [0.29, 0.717) is 19.4 Å². The highest BCUT2D eigenvalue weighted by Crippen LogP contribution is 2.19. The number of halogens is 2. The van der Waals surface area contributed by atoms with Gasteiger partial charge in [-0.1, -0.05) is 15.9 Å². The maximum atomic E-state index is 13.1. The van der Waals surface area contributed by atoms with E-state index in [1.165, 1.54) is 12.1 Å². The summed E-state index contributed by atoms with van der Waals surface area (Å²) in [5.41, 5.74) is 0.812. The number of carbonyl (C=O) groups is 1. The Morgan fingerprint density at radius 1 is 1.53 bits per heavy atom. The molecule has 1 aromatic carbocycles. The third kappa shape index (κ3) is 4.58. The number of nitrogens with one attached hydrogen (secondary N) is 1. The van der Waals surface area contributed by atoms with Crippen LogP contribution in [-0.2, 0) is 16.0 Å². The first-order valence-corrected chi connectivity index (χ1v) is 7.26. The minimum Gasteiger partial charge on any atom is -0.376 e. The van der Waals surface area contributed by atoms with Gasteiger partial charge in [-0.15, -0.1) is 0 Å². The van der Waals surface area contributed by atoms with E-state index in [4.69, 9.17) is 4.74 Å². The first-order valence-electron chi connectivity index (χ1n) is 6.47. The topological polar surface area (TPSA) is 38.3 Å². The Morgan fingerprint density at radius 3 is 3.11 bits per heavy atom. The summed E-state index contributed by atoms with van der Waals surface area (Å²) in [7, 11) is 0. The van der Waals surface area contributed by atoms with Gasteiger partial charge in [0.05, 0.1) is 6.10 Å². The molecule has 1 aliphatic rings. The summed E-state index contributed by atoms with van der Waals surface area (Å²) in [5.74, 6) is -0.301. The highest BCUT2D eigenvalue weighted by Gasteiger charge is 2.16. The van der Waals surface area contributed by atoms with Crippen LogP contribution < -0.4 is 5.32 Å². The molecule has 3 nitrogen and oxygen atoms in total. The van der Waals surface area contributed by atoms with Gasteiger partial charge in [0.1, 0.15) is 5.82 Å². The lowest BCUT2D eigenvalue weighted by molar-refractivity contribution is -0.121. The second-order valence-corrected chi connectivity index (χ2v) is 5.53. The third-order valence-corrected chi connectivity index (χ3v) is 3.95. The molecule has 19 heavy (non-hydrogen) atoms. The van der Waals surface area contributed by atoms with Crippen molar-refractivity contribution in [3.05, 3.63) is 34.1 Å². The van der Waals surface area contributed by atoms with Crippen LogP contribution in [-0.4, -0.2) is 25.2 Å². The van der Waals surface area contributed by atoms with Gasteiger partial charge in [0, 0.05) is 24.0 Å². The molecular formula is C14H17BrFNO2. The molecule has 0 bridgehead atoms. The molecule has 1 aromatic rings. The molecule has 0 aromatic heterocycles. The van der Waals surface area contributed by atoms with E-state index in [2.05, 4.69) is 21.2 Å². The van der Waals surface area contributed by atoms with E-state index in [0.717, 1.165) is 29.5 Å². The van der Waals surface area contributed by atoms with E-state index in [1.54, 1.807) is 6.07 Å². The summed E-state index contributed by atoms with van der Waals surface area (Å²) in [5, 5.41) is 2.86. The van der Waals surface area contributed by atoms with E-state index in [9.17, 15) is 9.18 Å². The van der Waals surface area contributed by atoms with Gasteiger partial charge in [0.2, 0.25) is 5.91 Å². The summed E-state index contributed by atoms with van der Waals surface area (Å²) in [4.78, 5) is 11.7. The number of aryl methyl sites for hydroxylation is 1. The summed E-state index contributed by atoms with van der Waals surface area (Å²) < 4.78 is 19.3. The van der Waals surface area contributed by atoms with Crippen molar-refractivity contribution < 1.29 is 13.9 Å². The van der Waals surface area contributed by atoms with Crippen LogP contribution in [0.4, 0.5) is 4.39 Å². The number of hydrogen-bond acceptors (Lipinski definition) is 2. The van der Waals surface area contributed by atoms with Crippen LogP contribution >= 0.6 is 15.9 Å². The molecule has 0 saturated carbocycles. The first kappa shape index (κ1) is 14.5. The maximum Gasteiger partial charge on any atom is 0.220 e. The molecule has 0 spiro atoms. The summed E-state index contributed by atoms with van der Waals surface area (Å²) in [6.07, 6.45) is 3.11. The van der Waals surface area contributed by atoms with Crippen molar-refractivity contribution in [3.8, 4) is 0 Å². The van der Waals surface area contributed by atoms with Gasteiger partial charge in [-0.3, -0.25) is 4.79 Å². The van der Waals surface area contributed by atoms with Gasteiger partial charge in [0.15, 0.2) is 0 Å². The molecular weight excluding hydrogens is 313 g/mol. The van der Waals surface area contributed by atoms with Crippen LogP contribution in [0.3, 0.4) is 0 Å². The lowest BCUT2D eigenvalue weighted by Gasteiger charge is -2.11. The minimum absolute atomic E-state index is 0.0216. The smallest absolute Gasteiger partial charge is 0.220 e. The number of benzene rings is 1. The van der Waals surface area contributed by atoms with Gasteiger partial charge >= 0.3 is 0 Å². The molecule has 1 saturated heterocycles. The van der Waals surface area contributed by atoms with E-state index < -0.39 is 0 Å². The Kier molecular flexibility index (Phi) is 5.34. The first-order chi connectivity index (χ1) is 9.15. The molecule has 1 aliphatic heterocycles. The second kappa shape index (κ2) is 7.01. The molecule has 1 N–H and O–H groups in total. The van der Waals surface area contributed by atoms with Gasteiger partial charge in [-0.2, -0.15) is 0 Å². The normalized spacial score (nSPS) is 18.5. The number of hydrogen-bond donors (Lipinski definition) is 1. The number of rotatable bonds is 5. The van der Waals surface area contributed by atoms with Crippen molar-refractivity contribution in [2.75, 3.05) is 13.2 Å². The number of ether oxygens (including phenoxy) is 1. The zero-order valence-electron chi connectivity index (χ0n) is 10.6. The monoisotopic (exact) mass is 329 g/mol. The highest BCUT2D eigenvalue weighted by atomic mass is 79.9. The highest BCUT2D eigenvalue weighted by molar-refractivity contribution is 9.10. The molecule has 5 heteroatoms. The SMILES string of the molecule is O=C(CCc1cc(F)ccc1Br)NC[C@@H]1CCCO1. The molecule has 1 fully saturated rings. The number of carbonyl (C=O) groups excluding carboxylic acids is 1. The summed E-state index contributed by atoms with van der Waals surface area (Å²) in [6, 6.07) is 4.51. The fraction of sp³-hybridized carbons (Fsp3) is 0.500. The Labute approximate surface area is 120 Å². The predicted octanol–water partition coefficient (Wildman–Crippen LogP) is 2.82. The van der Waals surface area contributed by atoms with Crippen LogP contribution in [0.25, 0.3) is 0 Å². The lowest BCUT2D eigenvalue weighted by Crippen LogP contribution is -2.31. The molecule has 0 radical (unpaired) electrons. The fourth-order valence-electron chi connectivity index (χ4n) is 2.10. The molecule has 1 atom stereocenters. The van der Waals surface area contributed by atoms with E-state index in [-0.39, 0.29) is 17.8 Å². The third-order valence-electron chi connectivity index (χ3n) is 3.18. The molecule has 104 valence electrons. The lowest BCUT2D eigenvalue weighted by atomic mass is 10.1. The molecule has 1 amide bonds. The van der Waals surface area contributed by atoms with Crippen molar-refractivity contribution in [1.29, 1.82) is 0 Å². The zero-order valence-corrected chi connectivity index (χ0v) is 12.2. The van der Waals surface area contributed by atoms with Crippen molar-refractivity contribution in [2.24, 2.45) is 0 Å². The Morgan fingerprint density at radius 2 is 2.37 bits per heavy atom. The number of amides is 1. The summed E-state index contributed by atoms with van der Waals surface area (Å²) >= 11 is 3.36. The van der Waals surface area contributed by atoms with Crippen molar-refractivity contribution in [3.63, 3.8) is 0 Å². The van der Waals surface area contributed by atoms with Gasteiger partial charge in [0.25, 0.3) is 0 Å². The average Bonchev–Trinajstić information content (AvgIpc) is 2.90. The Bertz CT molecular complexity index is 447. The van der Waals surface area contributed by atoms with Crippen LogP contribution in [0.2, 0.25) is 0 Å². The quantitative estimate of drug-likeness (QED) is 0.902. The fourth-order valence-corrected chi connectivity index (χ4v) is 2.55. The largest absolute Gasteiger partial charge is 0.376 e. The van der Waals surface area contributed by atoms with Gasteiger partial charge < -0.3 is 10.1 Å². The molecule has 0 unspecified atom stereocenters. The van der Waals surface area contributed by atoms with Crippen LogP contribution in [0.15, 0.2) is 22.7 Å². The summed E-state index contributed by atoms with van der Waals surface area (Å²) in [6.45, 7) is 1.36. The van der Waals surface area contributed by atoms with Crippen molar-refractivity contribution in [2.45, 2.75) is 31.8 Å². The average molecular weight is 330 g/mol. The molecule has 1 heterocycles. The van der Waals surface area contributed by atoms with E-state index >= 15 is 0 Å². The standard InChI is InChI=1S/C14H17BrFNO2/c15-13-5-4-11(16)8-10(13)3-6-14(18)17-9-12-2-1-7-19-12/h4-5,8,12H,1-3,6-7,9H2,(H,17,18)/t12-/m0/s1. The Balaban J connectivity index is 1.74.